The monoisotopic (exact) mass is 286 g/mol. The standard InChI is InChI=1S/C18H26N2O/c1-14(2)7-4-5-10-20-18(21)17-12-15(3)11-16(13-17)8-6-9-19/h11-14H,4-5,7,9-10,19H2,1-3H3,(H,20,21). The number of amides is 1. The van der Waals surface area contributed by atoms with Crippen LogP contribution in [0.4, 0.5) is 0 Å². The molecule has 0 atom stereocenters. The Morgan fingerprint density at radius 3 is 2.71 bits per heavy atom. The van der Waals surface area contributed by atoms with E-state index in [2.05, 4.69) is 31.0 Å². The van der Waals surface area contributed by atoms with E-state index < -0.39 is 0 Å². The van der Waals surface area contributed by atoms with Crippen LogP contribution in [0.15, 0.2) is 18.2 Å². The second-order valence-corrected chi connectivity index (χ2v) is 5.74. The van der Waals surface area contributed by atoms with E-state index in [1.165, 1.54) is 6.42 Å². The molecule has 0 aliphatic heterocycles. The van der Waals surface area contributed by atoms with Gasteiger partial charge in [0.25, 0.3) is 5.91 Å². The normalized spacial score (nSPS) is 10.1. The molecular formula is C18H26N2O. The van der Waals surface area contributed by atoms with Crippen molar-refractivity contribution >= 4 is 5.91 Å². The van der Waals surface area contributed by atoms with E-state index in [9.17, 15) is 4.79 Å². The van der Waals surface area contributed by atoms with Crippen LogP contribution in [-0.2, 0) is 0 Å². The molecule has 0 fully saturated rings. The van der Waals surface area contributed by atoms with E-state index in [1.807, 2.05) is 25.1 Å². The maximum Gasteiger partial charge on any atom is 0.251 e. The van der Waals surface area contributed by atoms with Crippen molar-refractivity contribution < 1.29 is 4.79 Å². The van der Waals surface area contributed by atoms with Gasteiger partial charge in [-0.15, -0.1) is 0 Å². The molecule has 0 spiro atoms. The van der Waals surface area contributed by atoms with Crippen molar-refractivity contribution in [2.45, 2.75) is 40.0 Å². The lowest BCUT2D eigenvalue weighted by Crippen LogP contribution is -2.24. The van der Waals surface area contributed by atoms with Gasteiger partial charge in [0.05, 0.1) is 6.54 Å². The van der Waals surface area contributed by atoms with E-state index in [0.717, 1.165) is 36.4 Å². The first-order valence-electron chi connectivity index (χ1n) is 7.61. The van der Waals surface area contributed by atoms with E-state index >= 15 is 0 Å². The molecule has 0 radical (unpaired) electrons. The molecule has 1 aromatic carbocycles. The zero-order valence-corrected chi connectivity index (χ0v) is 13.3. The van der Waals surface area contributed by atoms with Crippen LogP contribution < -0.4 is 11.1 Å². The number of aryl methyl sites for hydroxylation is 1. The molecule has 0 saturated heterocycles. The van der Waals surface area contributed by atoms with Crippen LogP contribution in [0.2, 0.25) is 0 Å². The van der Waals surface area contributed by atoms with Gasteiger partial charge >= 0.3 is 0 Å². The third-order valence-corrected chi connectivity index (χ3v) is 3.17. The van der Waals surface area contributed by atoms with Gasteiger partial charge in [-0.05, 0) is 43.0 Å². The first kappa shape index (κ1) is 17.3. The van der Waals surface area contributed by atoms with E-state index in [0.29, 0.717) is 12.1 Å². The molecule has 1 aromatic rings. The Balaban J connectivity index is 2.55. The van der Waals surface area contributed by atoms with Crippen molar-refractivity contribution in [3.8, 4) is 11.8 Å². The summed E-state index contributed by atoms with van der Waals surface area (Å²) >= 11 is 0. The van der Waals surface area contributed by atoms with Gasteiger partial charge in [-0.25, -0.2) is 0 Å². The number of nitrogens with one attached hydrogen (secondary N) is 1. The smallest absolute Gasteiger partial charge is 0.251 e. The molecule has 3 N–H and O–H groups in total. The molecule has 0 aliphatic carbocycles. The first-order chi connectivity index (χ1) is 10.0. The molecule has 3 heteroatoms. The summed E-state index contributed by atoms with van der Waals surface area (Å²) in [6.45, 7) is 7.45. The van der Waals surface area contributed by atoms with Crippen LogP contribution in [0.5, 0.6) is 0 Å². The fraction of sp³-hybridized carbons (Fsp3) is 0.500. The van der Waals surface area contributed by atoms with Gasteiger partial charge < -0.3 is 11.1 Å². The highest BCUT2D eigenvalue weighted by Gasteiger charge is 2.06. The molecular weight excluding hydrogens is 260 g/mol. The Morgan fingerprint density at radius 1 is 1.29 bits per heavy atom. The SMILES string of the molecule is Cc1cc(C#CCN)cc(C(=O)NCCCCC(C)C)c1. The molecule has 0 heterocycles. The number of nitrogens with two attached hydrogens (primary N) is 1. The molecule has 0 aromatic heterocycles. The van der Waals surface area contributed by atoms with E-state index in [4.69, 9.17) is 5.73 Å². The Kier molecular flexibility index (Phi) is 7.56. The zero-order chi connectivity index (χ0) is 15.7. The number of carbonyl (C=O) groups is 1. The van der Waals surface area contributed by atoms with Crippen LogP contribution in [0.25, 0.3) is 0 Å². The van der Waals surface area contributed by atoms with Crippen LogP contribution in [-0.4, -0.2) is 19.0 Å². The van der Waals surface area contributed by atoms with Gasteiger partial charge in [0.1, 0.15) is 0 Å². The summed E-state index contributed by atoms with van der Waals surface area (Å²) in [5.41, 5.74) is 7.91. The van der Waals surface area contributed by atoms with Crippen LogP contribution in [0, 0.1) is 24.7 Å². The average molecular weight is 286 g/mol. The van der Waals surface area contributed by atoms with E-state index in [-0.39, 0.29) is 5.91 Å². The predicted octanol–water partition coefficient (Wildman–Crippen LogP) is 2.86. The van der Waals surface area contributed by atoms with Crippen molar-refractivity contribution in [3.05, 3.63) is 34.9 Å². The maximum atomic E-state index is 12.1. The summed E-state index contributed by atoms with van der Waals surface area (Å²) in [7, 11) is 0. The molecule has 21 heavy (non-hydrogen) atoms. The number of hydrogen-bond donors (Lipinski definition) is 2. The highest BCUT2D eigenvalue weighted by molar-refractivity contribution is 5.94. The van der Waals surface area contributed by atoms with Crippen molar-refractivity contribution in [1.29, 1.82) is 0 Å². The summed E-state index contributed by atoms with van der Waals surface area (Å²) < 4.78 is 0. The minimum absolute atomic E-state index is 0.0287. The summed E-state index contributed by atoms with van der Waals surface area (Å²) in [5, 5.41) is 2.97. The highest BCUT2D eigenvalue weighted by Crippen LogP contribution is 2.09. The van der Waals surface area contributed by atoms with Gasteiger partial charge in [-0.2, -0.15) is 0 Å². The van der Waals surface area contributed by atoms with Crippen molar-refractivity contribution in [2.75, 3.05) is 13.1 Å². The van der Waals surface area contributed by atoms with Crippen LogP contribution >= 0.6 is 0 Å². The zero-order valence-electron chi connectivity index (χ0n) is 13.3. The number of benzene rings is 1. The second-order valence-electron chi connectivity index (χ2n) is 5.74. The summed E-state index contributed by atoms with van der Waals surface area (Å²) in [4.78, 5) is 12.1. The molecule has 1 rings (SSSR count). The number of carbonyl (C=O) groups excluding carboxylic acids is 1. The lowest BCUT2D eigenvalue weighted by atomic mass is 10.1. The molecule has 3 nitrogen and oxygen atoms in total. The van der Waals surface area contributed by atoms with Crippen molar-refractivity contribution in [1.82, 2.24) is 5.32 Å². The maximum absolute atomic E-state index is 12.1. The van der Waals surface area contributed by atoms with Gasteiger partial charge in [0, 0.05) is 17.7 Å². The van der Waals surface area contributed by atoms with Gasteiger partial charge in [-0.3, -0.25) is 4.79 Å². The highest BCUT2D eigenvalue weighted by atomic mass is 16.1. The molecule has 1 amide bonds. The lowest BCUT2D eigenvalue weighted by molar-refractivity contribution is 0.0952. The second kappa shape index (κ2) is 9.20. The molecule has 0 saturated carbocycles. The first-order valence-corrected chi connectivity index (χ1v) is 7.61. The number of rotatable bonds is 6. The average Bonchev–Trinajstić information content (AvgIpc) is 2.43. The predicted molar refractivity (Wildman–Crippen MR) is 88.1 cm³/mol. The summed E-state index contributed by atoms with van der Waals surface area (Å²) in [6.07, 6.45) is 3.38. The lowest BCUT2D eigenvalue weighted by Gasteiger charge is -2.08. The quantitative estimate of drug-likeness (QED) is 0.624. The molecule has 0 bridgehead atoms. The third-order valence-electron chi connectivity index (χ3n) is 3.17. The minimum atomic E-state index is -0.0287. The van der Waals surface area contributed by atoms with Crippen LogP contribution in [0.1, 0.15) is 54.6 Å². The molecule has 114 valence electrons. The Morgan fingerprint density at radius 2 is 2.05 bits per heavy atom. The van der Waals surface area contributed by atoms with Crippen molar-refractivity contribution in [3.63, 3.8) is 0 Å². The largest absolute Gasteiger partial charge is 0.352 e. The van der Waals surface area contributed by atoms with Crippen LogP contribution in [0.3, 0.4) is 0 Å². The number of unbranched alkanes of at least 4 members (excludes halogenated alkanes) is 1. The fourth-order valence-corrected chi connectivity index (χ4v) is 2.12. The molecule has 0 aliphatic rings. The summed E-state index contributed by atoms with van der Waals surface area (Å²) in [5.74, 6) is 6.48. The number of hydrogen-bond acceptors (Lipinski definition) is 2. The Labute approximate surface area is 128 Å². The van der Waals surface area contributed by atoms with Gasteiger partial charge in [0.15, 0.2) is 0 Å². The fourth-order valence-electron chi connectivity index (χ4n) is 2.12. The minimum Gasteiger partial charge on any atom is -0.352 e. The third kappa shape index (κ3) is 6.97. The molecule has 0 unspecified atom stereocenters. The van der Waals surface area contributed by atoms with Crippen molar-refractivity contribution in [2.24, 2.45) is 11.7 Å². The summed E-state index contributed by atoms with van der Waals surface area (Å²) in [6, 6.07) is 5.66. The topological polar surface area (TPSA) is 55.1 Å². The van der Waals surface area contributed by atoms with E-state index in [1.54, 1.807) is 0 Å². The Hall–Kier alpha value is -1.79. The van der Waals surface area contributed by atoms with Gasteiger partial charge in [0.2, 0.25) is 0 Å². The Bertz CT molecular complexity index is 524. The van der Waals surface area contributed by atoms with Gasteiger partial charge in [-0.1, -0.05) is 38.5 Å².